The fourth-order valence-corrected chi connectivity index (χ4v) is 3.10. The fraction of sp³-hybridized carbons (Fsp3) is 0.158. The van der Waals surface area contributed by atoms with Crippen LogP contribution in [0.1, 0.15) is 6.92 Å². The fourth-order valence-electron chi connectivity index (χ4n) is 2.36. The van der Waals surface area contributed by atoms with Crippen molar-refractivity contribution in [2.24, 2.45) is 0 Å². The Labute approximate surface area is 160 Å². The van der Waals surface area contributed by atoms with E-state index in [0.717, 1.165) is 11.8 Å². The third-order valence-corrected chi connectivity index (χ3v) is 4.72. The summed E-state index contributed by atoms with van der Waals surface area (Å²) in [5.74, 6) is 0.336. The minimum Gasteiger partial charge on any atom is -0.495 e. The van der Waals surface area contributed by atoms with Crippen LogP contribution in [0.15, 0.2) is 64.5 Å². The summed E-state index contributed by atoms with van der Waals surface area (Å²) in [6.07, 6.45) is 0. The largest absolute Gasteiger partial charge is 0.495 e. The number of aromatic amines is 1. The van der Waals surface area contributed by atoms with Gasteiger partial charge in [0.2, 0.25) is 5.91 Å². The Morgan fingerprint density at radius 3 is 2.52 bits per heavy atom. The Balaban J connectivity index is 1.70. The maximum absolute atomic E-state index is 12.4. The third-order valence-electron chi connectivity index (χ3n) is 3.75. The number of amides is 1. The number of aromatic nitrogens is 3. The number of anilines is 1. The van der Waals surface area contributed by atoms with Crippen LogP contribution in [0.4, 0.5) is 5.69 Å². The summed E-state index contributed by atoms with van der Waals surface area (Å²) >= 11 is 1.12. The van der Waals surface area contributed by atoms with E-state index in [-0.39, 0.29) is 22.3 Å². The number of hydrogen-bond donors (Lipinski definition) is 2. The Bertz CT molecular complexity index is 991. The van der Waals surface area contributed by atoms with Gasteiger partial charge in [-0.05, 0) is 19.1 Å². The van der Waals surface area contributed by atoms with E-state index in [0.29, 0.717) is 17.0 Å². The molecule has 138 valence electrons. The van der Waals surface area contributed by atoms with Crippen molar-refractivity contribution in [1.82, 2.24) is 15.2 Å². The van der Waals surface area contributed by atoms with Crippen molar-refractivity contribution >= 4 is 23.4 Å². The number of thioether (sulfide) groups is 1. The van der Waals surface area contributed by atoms with Crippen LogP contribution in [0.2, 0.25) is 0 Å². The van der Waals surface area contributed by atoms with E-state index in [1.165, 1.54) is 7.11 Å². The molecule has 0 spiro atoms. The second kappa shape index (κ2) is 8.50. The van der Waals surface area contributed by atoms with Crippen molar-refractivity contribution in [3.63, 3.8) is 0 Å². The van der Waals surface area contributed by atoms with Crippen molar-refractivity contribution in [2.75, 3.05) is 12.4 Å². The van der Waals surface area contributed by atoms with Crippen molar-refractivity contribution in [1.29, 1.82) is 0 Å². The molecule has 0 aliphatic heterocycles. The van der Waals surface area contributed by atoms with E-state index in [2.05, 4.69) is 20.5 Å². The van der Waals surface area contributed by atoms with Crippen LogP contribution in [0.25, 0.3) is 11.3 Å². The van der Waals surface area contributed by atoms with Gasteiger partial charge >= 0.3 is 0 Å². The van der Waals surface area contributed by atoms with Crippen LogP contribution in [0.5, 0.6) is 5.75 Å². The molecule has 2 aromatic carbocycles. The van der Waals surface area contributed by atoms with Crippen LogP contribution >= 0.6 is 11.8 Å². The van der Waals surface area contributed by atoms with Crippen LogP contribution in [0, 0.1) is 0 Å². The molecule has 2 N–H and O–H groups in total. The minimum absolute atomic E-state index is 0.237. The summed E-state index contributed by atoms with van der Waals surface area (Å²) in [5, 5.41) is 10.6. The van der Waals surface area contributed by atoms with Gasteiger partial charge in [0, 0.05) is 5.56 Å². The van der Waals surface area contributed by atoms with Gasteiger partial charge in [0.05, 0.1) is 18.0 Å². The first-order chi connectivity index (χ1) is 13.1. The first kappa shape index (κ1) is 18.7. The number of methoxy groups -OCH3 is 1. The molecule has 0 fully saturated rings. The van der Waals surface area contributed by atoms with Gasteiger partial charge in [-0.25, -0.2) is 0 Å². The van der Waals surface area contributed by atoms with Crippen molar-refractivity contribution in [3.05, 3.63) is 65.0 Å². The van der Waals surface area contributed by atoms with Crippen molar-refractivity contribution < 1.29 is 9.53 Å². The summed E-state index contributed by atoms with van der Waals surface area (Å²) in [6.45, 7) is 1.72. The van der Waals surface area contributed by atoms with E-state index < -0.39 is 5.25 Å². The van der Waals surface area contributed by atoms with Crippen LogP contribution < -0.4 is 15.6 Å². The predicted octanol–water partition coefficient (Wildman–Crippen LogP) is 2.96. The highest BCUT2D eigenvalue weighted by Gasteiger charge is 2.18. The smallest absolute Gasteiger partial charge is 0.278 e. The first-order valence-corrected chi connectivity index (χ1v) is 9.09. The molecule has 8 heteroatoms. The Morgan fingerprint density at radius 1 is 1.11 bits per heavy atom. The summed E-state index contributed by atoms with van der Waals surface area (Å²) in [7, 11) is 1.54. The summed E-state index contributed by atoms with van der Waals surface area (Å²) in [4.78, 5) is 27.4. The number of ether oxygens (including phenoxy) is 1. The normalized spacial score (nSPS) is 11.6. The number of rotatable bonds is 6. The zero-order chi connectivity index (χ0) is 19.2. The topological polar surface area (TPSA) is 97.0 Å². The molecule has 3 rings (SSSR count). The van der Waals surface area contributed by atoms with Gasteiger partial charge in [-0.2, -0.15) is 0 Å². The molecule has 1 heterocycles. The molecule has 1 aromatic heterocycles. The molecular formula is C19H18N4O3S. The Morgan fingerprint density at radius 2 is 1.81 bits per heavy atom. The average Bonchev–Trinajstić information content (AvgIpc) is 2.69. The third kappa shape index (κ3) is 4.53. The zero-order valence-electron chi connectivity index (χ0n) is 14.8. The second-order valence-corrected chi connectivity index (χ2v) is 6.95. The van der Waals surface area contributed by atoms with E-state index in [1.807, 2.05) is 24.3 Å². The number of carbonyl (C=O) groups is 1. The lowest BCUT2D eigenvalue weighted by Gasteiger charge is -2.13. The van der Waals surface area contributed by atoms with Crippen LogP contribution in [0.3, 0.4) is 0 Å². The van der Waals surface area contributed by atoms with Gasteiger partial charge in [0.15, 0.2) is 10.9 Å². The number of carbonyl (C=O) groups excluding carboxylic acids is 1. The van der Waals surface area contributed by atoms with Gasteiger partial charge in [-0.3, -0.25) is 14.6 Å². The highest BCUT2D eigenvalue weighted by molar-refractivity contribution is 8.00. The molecule has 3 aromatic rings. The highest BCUT2D eigenvalue weighted by atomic mass is 32.2. The molecule has 0 bridgehead atoms. The monoisotopic (exact) mass is 382 g/mol. The summed E-state index contributed by atoms with van der Waals surface area (Å²) in [6, 6.07) is 16.2. The number of para-hydroxylation sites is 2. The van der Waals surface area contributed by atoms with Gasteiger partial charge in [-0.15, -0.1) is 10.2 Å². The molecule has 1 amide bonds. The molecule has 1 atom stereocenters. The molecular weight excluding hydrogens is 364 g/mol. The van der Waals surface area contributed by atoms with E-state index in [1.54, 1.807) is 37.3 Å². The average molecular weight is 382 g/mol. The molecule has 0 radical (unpaired) electrons. The maximum atomic E-state index is 12.4. The first-order valence-electron chi connectivity index (χ1n) is 8.21. The SMILES string of the molecule is COc1ccccc1NC(=O)C(C)Sc1nnc(-c2ccccc2)c(=O)[nH]1. The van der Waals surface area contributed by atoms with Gasteiger partial charge < -0.3 is 10.1 Å². The van der Waals surface area contributed by atoms with Crippen LogP contribution in [-0.4, -0.2) is 33.4 Å². The molecule has 0 aliphatic carbocycles. The lowest BCUT2D eigenvalue weighted by molar-refractivity contribution is -0.115. The quantitative estimate of drug-likeness (QED) is 0.636. The molecule has 0 aliphatic rings. The number of nitrogens with zero attached hydrogens (tertiary/aromatic N) is 2. The standard InChI is InChI=1S/C19H18N4O3S/c1-12(17(24)20-14-10-6-7-11-15(14)26-2)27-19-21-18(25)16(22-23-19)13-8-4-3-5-9-13/h3-12H,1-2H3,(H,20,24)(H,21,23,25). The van der Waals surface area contributed by atoms with E-state index >= 15 is 0 Å². The second-order valence-electron chi connectivity index (χ2n) is 5.62. The van der Waals surface area contributed by atoms with Crippen molar-refractivity contribution in [2.45, 2.75) is 17.3 Å². The van der Waals surface area contributed by atoms with E-state index in [4.69, 9.17) is 4.74 Å². The van der Waals surface area contributed by atoms with Crippen LogP contribution in [-0.2, 0) is 4.79 Å². The molecule has 27 heavy (non-hydrogen) atoms. The minimum atomic E-state index is -0.498. The number of H-pyrrole nitrogens is 1. The van der Waals surface area contributed by atoms with Gasteiger partial charge in [0.1, 0.15) is 5.75 Å². The lowest BCUT2D eigenvalue weighted by Crippen LogP contribution is -2.24. The van der Waals surface area contributed by atoms with Crippen molar-refractivity contribution in [3.8, 4) is 17.0 Å². The van der Waals surface area contributed by atoms with Gasteiger partial charge in [-0.1, -0.05) is 54.2 Å². The summed E-state index contributed by atoms with van der Waals surface area (Å²) < 4.78 is 5.22. The molecule has 0 saturated carbocycles. The number of hydrogen-bond acceptors (Lipinski definition) is 6. The van der Waals surface area contributed by atoms with E-state index in [9.17, 15) is 9.59 Å². The summed E-state index contributed by atoms with van der Waals surface area (Å²) in [5.41, 5.74) is 1.16. The lowest BCUT2D eigenvalue weighted by atomic mass is 10.2. The number of benzene rings is 2. The molecule has 0 saturated heterocycles. The molecule has 1 unspecified atom stereocenters. The Kier molecular flexibility index (Phi) is 5.87. The Hall–Kier alpha value is -3.13. The van der Waals surface area contributed by atoms with Gasteiger partial charge in [0.25, 0.3) is 5.56 Å². The molecule has 7 nitrogen and oxygen atoms in total. The predicted molar refractivity (Wildman–Crippen MR) is 105 cm³/mol. The number of nitrogens with one attached hydrogen (secondary N) is 2. The highest BCUT2D eigenvalue weighted by Crippen LogP contribution is 2.25. The maximum Gasteiger partial charge on any atom is 0.278 e. The zero-order valence-corrected chi connectivity index (χ0v) is 15.6.